The van der Waals surface area contributed by atoms with Gasteiger partial charge in [0.1, 0.15) is 0 Å². The summed E-state index contributed by atoms with van der Waals surface area (Å²) >= 11 is 1.88. The standard InChI is InChI=1S/C20H22N2O3S/c1-14-17(19(23)22-9-11-26-12-10-22)3-2-4-18(14)21-13-15-5-7-16(8-6-15)20(24)25/h2-8,21H,9-13H2,1H3,(H,24,25). The number of anilines is 1. The topological polar surface area (TPSA) is 69.6 Å². The number of nitrogens with zero attached hydrogens (tertiary/aromatic N) is 1. The van der Waals surface area contributed by atoms with Crippen molar-refractivity contribution < 1.29 is 14.7 Å². The zero-order chi connectivity index (χ0) is 18.5. The first kappa shape index (κ1) is 18.3. The monoisotopic (exact) mass is 370 g/mol. The number of carboxylic acid groups (broad SMARTS) is 1. The molecule has 5 nitrogen and oxygen atoms in total. The molecule has 26 heavy (non-hydrogen) atoms. The number of carboxylic acids is 1. The van der Waals surface area contributed by atoms with Crippen LogP contribution in [0.15, 0.2) is 42.5 Å². The quantitative estimate of drug-likeness (QED) is 0.843. The molecule has 0 bridgehead atoms. The van der Waals surface area contributed by atoms with Crippen LogP contribution in [0.1, 0.15) is 31.8 Å². The van der Waals surface area contributed by atoms with Crippen LogP contribution < -0.4 is 5.32 Å². The van der Waals surface area contributed by atoms with E-state index < -0.39 is 5.97 Å². The lowest BCUT2D eigenvalue weighted by Crippen LogP contribution is -2.38. The number of hydrogen-bond acceptors (Lipinski definition) is 4. The number of nitrogens with one attached hydrogen (secondary N) is 1. The van der Waals surface area contributed by atoms with Crippen molar-refractivity contribution in [1.29, 1.82) is 0 Å². The maximum atomic E-state index is 12.8. The molecular weight excluding hydrogens is 348 g/mol. The lowest BCUT2D eigenvalue weighted by Gasteiger charge is -2.27. The molecule has 1 fully saturated rings. The summed E-state index contributed by atoms with van der Waals surface area (Å²) in [4.78, 5) is 25.6. The third kappa shape index (κ3) is 4.19. The minimum absolute atomic E-state index is 0.0947. The molecule has 1 aliphatic heterocycles. The first-order valence-corrected chi connectivity index (χ1v) is 9.74. The summed E-state index contributed by atoms with van der Waals surface area (Å²) in [5, 5.41) is 12.3. The maximum Gasteiger partial charge on any atom is 0.335 e. The summed E-state index contributed by atoms with van der Waals surface area (Å²) in [5.41, 5.74) is 3.86. The van der Waals surface area contributed by atoms with Crippen molar-refractivity contribution in [2.75, 3.05) is 29.9 Å². The zero-order valence-electron chi connectivity index (χ0n) is 14.7. The third-order valence-corrected chi connectivity index (χ3v) is 5.49. The highest BCUT2D eigenvalue weighted by molar-refractivity contribution is 7.99. The summed E-state index contributed by atoms with van der Waals surface area (Å²) in [6.45, 7) is 4.13. The van der Waals surface area contributed by atoms with E-state index in [-0.39, 0.29) is 11.5 Å². The van der Waals surface area contributed by atoms with Crippen molar-refractivity contribution in [1.82, 2.24) is 4.90 Å². The van der Waals surface area contributed by atoms with E-state index in [0.717, 1.165) is 47.0 Å². The molecule has 0 saturated carbocycles. The number of carbonyl (C=O) groups excluding carboxylic acids is 1. The minimum Gasteiger partial charge on any atom is -0.478 e. The van der Waals surface area contributed by atoms with Gasteiger partial charge in [0, 0.05) is 42.4 Å². The van der Waals surface area contributed by atoms with E-state index >= 15 is 0 Å². The number of benzene rings is 2. The molecule has 2 aromatic carbocycles. The van der Waals surface area contributed by atoms with Crippen molar-refractivity contribution in [3.8, 4) is 0 Å². The molecule has 2 N–H and O–H groups in total. The van der Waals surface area contributed by atoms with E-state index in [1.54, 1.807) is 24.3 Å². The van der Waals surface area contributed by atoms with E-state index in [2.05, 4.69) is 5.32 Å². The highest BCUT2D eigenvalue weighted by Gasteiger charge is 2.20. The summed E-state index contributed by atoms with van der Waals surface area (Å²) in [5.74, 6) is 1.16. The van der Waals surface area contributed by atoms with Crippen molar-refractivity contribution >= 4 is 29.3 Å². The Balaban J connectivity index is 1.70. The predicted molar refractivity (Wildman–Crippen MR) is 105 cm³/mol. The lowest BCUT2D eigenvalue weighted by atomic mass is 10.0. The van der Waals surface area contributed by atoms with Gasteiger partial charge < -0.3 is 15.3 Å². The van der Waals surface area contributed by atoms with E-state index in [9.17, 15) is 9.59 Å². The molecule has 136 valence electrons. The molecule has 0 aromatic heterocycles. The molecule has 1 saturated heterocycles. The second-order valence-electron chi connectivity index (χ2n) is 6.24. The largest absolute Gasteiger partial charge is 0.478 e. The fraction of sp³-hybridized carbons (Fsp3) is 0.300. The van der Waals surface area contributed by atoms with E-state index in [0.29, 0.717) is 6.54 Å². The molecule has 0 atom stereocenters. The molecular formula is C20H22N2O3S. The van der Waals surface area contributed by atoms with E-state index in [1.807, 2.05) is 41.8 Å². The van der Waals surface area contributed by atoms with Crippen LogP contribution in [0.25, 0.3) is 0 Å². The first-order valence-electron chi connectivity index (χ1n) is 8.59. The lowest BCUT2D eigenvalue weighted by molar-refractivity contribution is 0.0696. The van der Waals surface area contributed by atoms with Gasteiger partial charge in [0.25, 0.3) is 5.91 Å². The highest BCUT2D eigenvalue weighted by Crippen LogP contribution is 2.22. The molecule has 3 rings (SSSR count). The Bertz CT molecular complexity index is 799. The van der Waals surface area contributed by atoms with Crippen molar-refractivity contribution in [2.45, 2.75) is 13.5 Å². The molecule has 0 unspecified atom stereocenters. The van der Waals surface area contributed by atoms with Crippen LogP contribution in [0.5, 0.6) is 0 Å². The third-order valence-electron chi connectivity index (χ3n) is 4.55. The van der Waals surface area contributed by atoms with Crippen LogP contribution in [0.2, 0.25) is 0 Å². The summed E-state index contributed by atoms with van der Waals surface area (Å²) in [6.07, 6.45) is 0. The van der Waals surface area contributed by atoms with Gasteiger partial charge >= 0.3 is 5.97 Å². The van der Waals surface area contributed by atoms with Gasteiger partial charge in [-0.15, -0.1) is 0 Å². The van der Waals surface area contributed by atoms with Crippen LogP contribution in [0.4, 0.5) is 5.69 Å². The SMILES string of the molecule is Cc1c(NCc2ccc(C(=O)O)cc2)cccc1C(=O)N1CCSCC1. The van der Waals surface area contributed by atoms with Gasteiger partial charge in [-0.1, -0.05) is 18.2 Å². The Morgan fingerprint density at radius 3 is 2.46 bits per heavy atom. The average Bonchev–Trinajstić information content (AvgIpc) is 2.67. The Hall–Kier alpha value is -2.47. The van der Waals surface area contributed by atoms with Crippen LogP contribution in [-0.4, -0.2) is 46.5 Å². The van der Waals surface area contributed by atoms with E-state index in [1.165, 1.54) is 0 Å². The van der Waals surface area contributed by atoms with Gasteiger partial charge in [-0.25, -0.2) is 4.79 Å². The Kier molecular flexibility index (Phi) is 5.83. The molecule has 2 aromatic rings. The van der Waals surface area contributed by atoms with Crippen LogP contribution in [0.3, 0.4) is 0 Å². The van der Waals surface area contributed by atoms with Crippen LogP contribution in [0, 0.1) is 6.92 Å². The van der Waals surface area contributed by atoms with E-state index in [4.69, 9.17) is 5.11 Å². The fourth-order valence-electron chi connectivity index (χ4n) is 2.96. The van der Waals surface area contributed by atoms with Crippen molar-refractivity contribution in [3.63, 3.8) is 0 Å². The van der Waals surface area contributed by atoms with Gasteiger partial charge in [-0.2, -0.15) is 11.8 Å². The average molecular weight is 370 g/mol. The van der Waals surface area contributed by atoms with Gasteiger partial charge in [0.2, 0.25) is 0 Å². The second kappa shape index (κ2) is 8.27. The second-order valence-corrected chi connectivity index (χ2v) is 7.46. The number of rotatable bonds is 5. The van der Waals surface area contributed by atoms with Crippen molar-refractivity contribution in [2.24, 2.45) is 0 Å². The fourth-order valence-corrected chi connectivity index (χ4v) is 3.86. The number of carbonyl (C=O) groups is 2. The molecule has 0 spiro atoms. The molecule has 1 heterocycles. The molecule has 1 aliphatic rings. The Labute approximate surface area is 157 Å². The smallest absolute Gasteiger partial charge is 0.335 e. The number of aromatic carboxylic acids is 1. The van der Waals surface area contributed by atoms with Gasteiger partial charge in [0.15, 0.2) is 0 Å². The minimum atomic E-state index is -0.928. The number of thioether (sulfide) groups is 1. The Morgan fingerprint density at radius 2 is 1.81 bits per heavy atom. The molecule has 1 amide bonds. The van der Waals surface area contributed by atoms with Gasteiger partial charge in [-0.05, 0) is 42.3 Å². The normalized spacial score (nSPS) is 14.1. The van der Waals surface area contributed by atoms with Gasteiger partial charge in [0.05, 0.1) is 5.56 Å². The molecule has 6 heteroatoms. The summed E-state index contributed by atoms with van der Waals surface area (Å²) < 4.78 is 0. The van der Waals surface area contributed by atoms with Crippen LogP contribution >= 0.6 is 11.8 Å². The summed E-state index contributed by atoms with van der Waals surface area (Å²) in [6, 6.07) is 12.5. The summed E-state index contributed by atoms with van der Waals surface area (Å²) in [7, 11) is 0. The zero-order valence-corrected chi connectivity index (χ0v) is 15.5. The number of amides is 1. The first-order chi connectivity index (χ1) is 12.6. The Morgan fingerprint density at radius 1 is 1.12 bits per heavy atom. The number of hydrogen-bond donors (Lipinski definition) is 2. The highest BCUT2D eigenvalue weighted by atomic mass is 32.2. The maximum absolute atomic E-state index is 12.8. The van der Waals surface area contributed by atoms with Crippen LogP contribution in [-0.2, 0) is 6.54 Å². The van der Waals surface area contributed by atoms with Gasteiger partial charge in [-0.3, -0.25) is 4.79 Å². The molecule has 0 aliphatic carbocycles. The van der Waals surface area contributed by atoms with Crippen molar-refractivity contribution in [3.05, 3.63) is 64.7 Å². The molecule has 0 radical (unpaired) electrons. The predicted octanol–water partition coefficient (Wildman–Crippen LogP) is 3.49.